The lowest BCUT2D eigenvalue weighted by atomic mass is 10.1. The second-order valence-electron chi connectivity index (χ2n) is 3.64. The van der Waals surface area contributed by atoms with E-state index in [1.165, 1.54) is 38.5 Å². The minimum absolute atomic E-state index is 1.13. The number of hydrogen-bond acceptors (Lipinski definition) is 0. The van der Waals surface area contributed by atoms with Gasteiger partial charge in [0.15, 0.2) is 0 Å². The quantitative estimate of drug-likeness (QED) is 0.393. The summed E-state index contributed by atoms with van der Waals surface area (Å²) in [5.41, 5.74) is 1.13. The van der Waals surface area contributed by atoms with E-state index in [9.17, 15) is 0 Å². The highest BCUT2D eigenvalue weighted by molar-refractivity contribution is 5.12. The van der Waals surface area contributed by atoms with Gasteiger partial charge in [-0.25, -0.2) is 0 Å². The summed E-state index contributed by atoms with van der Waals surface area (Å²) in [4.78, 5) is 0. The molecule has 75 valence electrons. The predicted octanol–water partition coefficient (Wildman–Crippen LogP) is 4.68. The van der Waals surface area contributed by atoms with Gasteiger partial charge in [-0.05, 0) is 26.7 Å². The van der Waals surface area contributed by atoms with Crippen LogP contribution in [-0.2, 0) is 0 Å². The average molecular weight is 179 g/mol. The smallest absolute Gasteiger partial charge is 0.0283 e. The van der Waals surface area contributed by atoms with Crippen molar-refractivity contribution in [3.8, 4) is 0 Å². The molecule has 0 fully saturated rings. The number of rotatable bonds is 7. The molecule has 0 rings (SSSR count). The van der Waals surface area contributed by atoms with Gasteiger partial charge in [-0.3, -0.25) is 0 Å². The fraction of sp³-hybridized carbons (Fsp3) is 0.615. The van der Waals surface area contributed by atoms with Gasteiger partial charge < -0.3 is 0 Å². The van der Waals surface area contributed by atoms with Crippen molar-refractivity contribution >= 4 is 0 Å². The summed E-state index contributed by atoms with van der Waals surface area (Å²) in [6.07, 6.45) is 14.5. The van der Waals surface area contributed by atoms with E-state index >= 15 is 0 Å². The van der Waals surface area contributed by atoms with Gasteiger partial charge in [-0.2, -0.15) is 0 Å². The minimum Gasteiger partial charge on any atom is -0.0845 e. The van der Waals surface area contributed by atoms with Gasteiger partial charge in [0, 0.05) is 0 Å². The molecular formula is C13H23. The van der Waals surface area contributed by atoms with Crippen molar-refractivity contribution in [1.29, 1.82) is 0 Å². The number of allylic oxidation sites excluding steroid dienone is 4. The fourth-order valence-corrected chi connectivity index (χ4v) is 1.19. The van der Waals surface area contributed by atoms with Crippen molar-refractivity contribution in [3.63, 3.8) is 0 Å². The van der Waals surface area contributed by atoms with Crippen molar-refractivity contribution in [1.82, 2.24) is 0 Å². The third-order valence-electron chi connectivity index (χ3n) is 1.99. The second-order valence-corrected chi connectivity index (χ2v) is 3.64. The largest absolute Gasteiger partial charge is 0.0845 e. The molecule has 0 spiro atoms. The van der Waals surface area contributed by atoms with E-state index in [0.29, 0.717) is 0 Å². The van der Waals surface area contributed by atoms with Crippen LogP contribution in [0, 0.1) is 6.92 Å². The highest BCUT2D eigenvalue weighted by Gasteiger charge is 1.85. The molecule has 0 aromatic carbocycles. The van der Waals surface area contributed by atoms with Crippen LogP contribution in [0.1, 0.15) is 52.4 Å². The molecule has 0 nitrogen and oxygen atoms in total. The molecule has 0 aromatic rings. The Morgan fingerprint density at radius 2 is 1.85 bits per heavy atom. The van der Waals surface area contributed by atoms with Gasteiger partial charge in [-0.1, -0.05) is 56.4 Å². The summed E-state index contributed by atoms with van der Waals surface area (Å²) in [7, 11) is 0. The molecule has 0 saturated heterocycles. The van der Waals surface area contributed by atoms with Crippen LogP contribution in [0.5, 0.6) is 0 Å². The Morgan fingerprint density at radius 1 is 1.15 bits per heavy atom. The van der Waals surface area contributed by atoms with Crippen molar-refractivity contribution in [2.24, 2.45) is 0 Å². The Balaban J connectivity index is 3.16. The Bertz CT molecular complexity index is 147. The molecule has 0 unspecified atom stereocenters. The topological polar surface area (TPSA) is 0 Å². The van der Waals surface area contributed by atoms with E-state index in [2.05, 4.69) is 32.1 Å². The van der Waals surface area contributed by atoms with Gasteiger partial charge in [0.05, 0.1) is 0 Å². The average Bonchev–Trinajstić information content (AvgIpc) is 2.09. The molecule has 0 aliphatic carbocycles. The second kappa shape index (κ2) is 9.57. The molecule has 0 atom stereocenters. The lowest BCUT2D eigenvalue weighted by Gasteiger charge is -1.95. The summed E-state index contributed by atoms with van der Waals surface area (Å²) < 4.78 is 0. The lowest BCUT2D eigenvalue weighted by Crippen LogP contribution is -1.75. The van der Waals surface area contributed by atoms with Gasteiger partial charge in [0.2, 0.25) is 0 Å². The first-order valence-electron chi connectivity index (χ1n) is 5.42. The first-order chi connectivity index (χ1) is 6.27. The highest BCUT2D eigenvalue weighted by Crippen LogP contribution is 2.05. The molecule has 0 aliphatic heterocycles. The molecule has 0 aliphatic rings. The predicted molar refractivity (Wildman–Crippen MR) is 61.6 cm³/mol. The Morgan fingerprint density at radius 3 is 2.46 bits per heavy atom. The summed E-state index contributed by atoms with van der Waals surface area (Å²) in [6.45, 7) is 8.08. The van der Waals surface area contributed by atoms with Crippen molar-refractivity contribution < 1.29 is 0 Å². The van der Waals surface area contributed by atoms with E-state index in [4.69, 9.17) is 0 Å². The molecule has 0 heterocycles. The van der Waals surface area contributed by atoms with Crippen molar-refractivity contribution in [2.75, 3.05) is 0 Å². The first kappa shape index (κ1) is 12.5. The maximum Gasteiger partial charge on any atom is -0.0283 e. The van der Waals surface area contributed by atoms with E-state index in [1.807, 2.05) is 6.92 Å². The zero-order chi connectivity index (χ0) is 9.94. The van der Waals surface area contributed by atoms with Crippen LogP contribution in [0.4, 0.5) is 0 Å². The van der Waals surface area contributed by atoms with Crippen LogP contribution >= 0.6 is 0 Å². The normalized spacial score (nSPS) is 12.7. The van der Waals surface area contributed by atoms with E-state index in [0.717, 1.165) is 5.57 Å². The Kier molecular flexibility index (Phi) is 9.18. The van der Waals surface area contributed by atoms with Crippen molar-refractivity contribution in [2.45, 2.75) is 52.4 Å². The molecule has 0 amide bonds. The van der Waals surface area contributed by atoms with E-state index in [-0.39, 0.29) is 0 Å². The molecule has 0 saturated carbocycles. The van der Waals surface area contributed by atoms with Crippen LogP contribution in [0.3, 0.4) is 0 Å². The summed E-state index contributed by atoms with van der Waals surface area (Å²) in [5.74, 6) is 0. The molecule has 0 N–H and O–H groups in total. The Hall–Kier alpha value is -0.520. The molecule has 1 radical (unpaired) electrons. The SMILES string of the molecule is [CH2]/C(C)=C/C=C/CCCCCCC. The third-order valence-corrected chi connectivity index (χ3v) is 1.99. The maximum atomic E-state index is 3.81. The van der Waals surface area contributed by atoms with Crippen LogP contribution in [0.25, 0.3) is 0 Å². The van der Waals surface area contributed by atoms with Crippen LogP contribution < -0.4 is 0 Å². The molecular weight excluding hydrogens is 156 g/mol. The first-order valence-corrected chi connectivity index (χ1v) is 5.42. The number of unbranched alkanes of at least 4 members (excludes halogenated alkanes) is 5. The van der Waals surface area contributed by atoms with Crippen LogP contribution in [-0.4, -0.2) is 0 Å². The number of hydrogen-bond donors (Lipinski definition) is 0. The summed E-state index contributed by atoms with van der Waals surface area (Å²) >= 11 is 0. The van der Waals surface area contributed by atoms with Crippen LogP contribution in [0.2, 0.25) is 0 Å². The monoisotopic (exact) mass is 179 g/mol. The van der Waals surface area contributed by atoms with Gasteiger partial charge in [0.1, 0.15) is 0 Å². The lowest BCUT2D eigenvalue weighted by molar-refractivity contribution is 0.637. The van der Waals surface area contributed by atoms with Gasteiger partial charge >= 0.3 is 0 Å². The zero-order valence-corrected chi connectivity index (χ0v) is 9.18. The Labute approximate surface area is 83.7 Å². The maximum absolute atomic E-state index is 3.81. The summed E-state index contributed by atoms with van der Waals surface area (Å²) in [5, 5.41) is 0. The molecule has 0 aromatic heterocycles. The van der Waals surface area contributed by atoms with Gasteiger partial charge in [0.25, 0.3) is 0 Å². The van der Waals surface area contributed by atoms with Gasteiger partial charge in [-0.15, -0.1) is 0 Å². The standard InChI is InChI=1S/C13H23/c1-4-5-6-7-8-9-10-11-12-13(2)3/h10-12H,2,4-9H2,1,3H3/b11-10+,13-12-. The zero-order valence-electron chi connectivity index (χ0n) is 9.18. The molecule has 0 bridgehead atoms. The molecule has 0 heteroatoms. The summed E-state index contributed by atoms with van der Waals surface area (Å²) in [6, 6.07) is 0. The van der Waals surface area contributed by atoms with E-state index < -0.39 is 0 Å². The molecule has 13 heavy (non-hydrogen) atoms. The van der Waals surface area contributed by atoms with Crippen molar-refractivity contribution in [3.05, 3.63) is 30.7 Å². The minimum atomic E-state index is 1.13. The highest BCUT2D eigenvalue weighted by atomic mass is 13.9. The van der Waals surface area contributed by atoms with Crippen LogP contribution in [0.15, 0.2) is 23.8 Å². The fourth-order valence-electron chi connectivity index (χ4n) is 1.19. The third kappa shape index (κ3) is 11.5. The van der Waals surface area contributed by atoms with E-state index in [1.54, 1.807) is 0 Å².